The van der Waals surface area contributed by atoms with E-state index in [2.05, 4.69) is 10.1 Å². The maximum atomic E-state index is 13.2. The quantitative estimate of drug-likeness (QED) is 0.774. The molecule has 1 saturated carbocycles. The average molecular weight is 337 g/mol. The van der Waals surface area contributed by atoms with E-state index in [0.717, 1.165) is 18.4 Å². The average Bonchev–Trinajstić information content (AvgIpc) is 3.42. The Hall–Kier alpha value is -2.73. The van der Waals surface area contributed by atoms with Crippen LogP contribution < -0.4 is 0 Å². The number of aliphatic hydroxyl groups is 1. The number of aryl methyl sites for hydroxylation is 1. The van der Waals surface area contributed by atoms with Crippen molar-refractivity contribution in [3.05, 3.63) is 47.7 Å². The van der Waals surface area contributed by atoms with E-state index in [4.69, 9.17) is 4.52 Å². The number of hydrogen-bond acceptors (Lipinski definition) is 5. The van der Waals surface area contributed by atoms with Crippen LogP contribution in [0.25, 0.3) is 22.4 Å². The molecule has 3 aromatic rings. The molecule has 0 bridgehead atoms. The summed E-state index contributed by atoms with van der Waals surface area (Å²) in [6.07, 6.45) is 1.96. The summed E-state index contributed by atoms with van der Waals surface area (Å²) < 4.78 is 5.34. The predicted molar refractivity (Wildman–Crippen MR) is 93.1 cm³/mol. The third-order valence-electron chi connectivity index (χ3n) is 4.51. The molecule has 0 saturated heterocycles. The first kappa shape index (κ1) is 15.8. The molecular weight excluding hydrogens is 318 g/mol. The highest BCUT2D eigenvalue weighted by Crippen LogP contribution is 2.32. The molecule has 25 heavy (non-hydrogen) atoms. The van der Waals surface area contributed by atoms with Crippen molar-refractivity contribution >= 4 is 17.0 Å². The highest BCUT2D eigenvalue weighted by molar-refractivity contribution is 6.07. The number of hydrogen-bond donors (Lipinski definition) is 1. The van der Waals surface area contributed by atoms with Crippen molar-refractivity contribution in [3.63, 3.8) is 0 Å². The second kappa shape index (κ2) is 6.29. The van der Waals surface area contributed by atoms with Gasteiger partial charge in [0.15, 0.2) is 0 Å². The molecule has 128 valence electrons. The summed E-state index contributed by atoms with van der Waals surface area (Å²) in [7, 11) is 0. The number of nitrogens with zero attached hydrogens (tertiary/aromatic N) is 3. The first-order valence-electron chi connectivity index (χ1n) is 8.43. The lowest BCUT2D eigenvalue weighted by Gasteiger charge is -2.22. The van der Waals surface area contributed by atoms with Crippen LogP contribution in [0.5, 0.6) is 0 Å². The second-order valence-corrected chi connectivity index (χ2v) is 6.32. The molecule has 2 aromatic heterocycles. The van der Waals surface area contributed by atoms with Crippen LogP contribution in [0.4, 0.5) is 0 Å². The van der Waals surface area contributed by atoms with Crippen molar-refractivity contribution in [1.29, 1.82) is 0 Å². The van der Waals surface area contributed by atoms with Crippen molar-refractivity contribution in [2.24, 2.45) is 0 Å². The normalized spacial score (nSPS) is 14.0. The molecule has 6 nitrogen and oxygen atoms in total. The Morgan fingerprint density at radius 3 is 2.76 bits per heavy atom. The first-order chi connectivity index (χ1) is 12.2. The molecule has 2 heterocycles. The zero-order chi connectivity index (χ0) is 17.4. The van der Waals surface area contributed by atoms with E-state index in [9.17, 15) is 9.90 Å². The zero-order valence-corrected chi connectivity index (χ0v) is 14.0. The summed E-state index contributed by atoms with van der Waals surface area (Å²) in [6.45, 7) is 2.09. The minimum absolute atomic E-state index is 0.0510. The summed E-state index contributed by atoms with van der Waals surface area (Å²) in [4.78, 5) is 19.5. The second-order valence-electron chi connectivity index (χ2n) is 6.32. The van der Waals surface area contributed by atoms with Gasteiger partial charge in [0.2, 0.25) is 0 Å². The Labute approximate surface area is 145 Å². The van der Waals surface area contributed by atoms with Gasteiger partial charge in [-0.1, -0.05) is 35.5 Å². The van der Waals surface area contributed by atoms with Crippen LogP contribution in [0.2, 0.25) is 0 Å². The minimum atomic E-state index is -0.104. The number of aliphatic hydroxyl groups excluding tert-OH is 1. The fourth-order valence-corrected chi connectivity index (χ4v) is 3.12. The molecule has 1 amide bonds. The van der Waals surface area contributed by atoms with Gasteiger partial charge >= 0.3 is 0 Å². The Balaban J connectivity index is 1.86. The van der Waals surface area contributed by atoms with Gasteiger partial charge in [-0.25, -0.2) is 4.98 Å². The van der Waals surface area contributed by atoms with Crippen molar-refractivity contribution in [3.8, 4) is 11.3 Å². The van der Waals surface area contributed by atoms with Crippen LogP contribution in [0.3, 0.4) is 0 Å². The van der Waals surface area contributed by atoms with Crippen LogP contribution in [-0.4, -0.2) is 45.2 Å². The maximum Gasteiger partial charge on any atom is 0.259 e. The summed E-state index contributed by atoms with van der Waals surface area (Å²) >= 11 is 0. The van der Waals surface area contributed by atoms with E-state index < -0.39 is 0 Å². The molecule has 4 rings (SSSR count). The number of aromatic nitrogens is 2. The number of rotatable bonds is 5. The molecule has 1 aliphatic carbocycles. The Kier molecular flexibility index (Phi) is 3.97. The molecule has 0 spiro atoms. The van der Waals surface area contributed by atoms with Gasteiger partial charge in [-0.2, -0.15) is 0 Å². The fraction of sp³-hybridized carbons (Fsp3) is 0.316. The molecule has 0 unspecified atom stereocenters. The van der Waals surface area contributed by atoms with Gasteiger partial charge in [0.05, 0.1) is 28.9 Å². The van der Waals surface area contributed by atoms with Gasteiger partial charge in [0.1, 0.15) is 0 Å². The van der Waals surface area contributed by atoms with Crippen LogP contribution in [0.15, 0.2) is 40.9 Å². The lowest BCUT2D eigenvalue weighted by atomic mass is 10.0. The number of fused-ring (bicyclic) bond motifs is 1. The molecule has 6 heteroatoms. The van der Waals surface area contributed by atoms with E-state index in [1.54, 1.807) is 17.9 Å². The Morgan fingerprint density at radius 1 is 1.32 bits per heavy atom. The standard InChI is InChI=1S/C19H19N3O3/c1-12-17-15(19(24)22(9-10-23)14-7-8-14)11-16(20-18(17)25-21-12)13-5-3-2-4-6-13/h2-6,11,14,23H,7-10H2,1H3. The van der Waals surface area contributed by atoms with E-state index in [-0.39, 0.29) is 18.6 Å². The van der Waals surface area contributed by atoms with E-state index >= 15 is 0 Å². The van der Waals surface area contributed by atoms with Gasteiger partial charge in [-0.3, -0.25) is 4.79 Å². The Morgan fingerprint density at radius 2 is 2.08 bits per heavy atom. The van der Waals surface area contributed by atoms with Crippen LogP contribution in [0, 0.1) is 6.92 Å². The van der Waals surface area contributed by atoms with E-state index in [1.165, 1.54) is 0 Å². The van der Waals surface area contributed by atoms with Gasteiger partial charge in [0.25, 0.3) is 11.6 Å². The number of benzene rings is 1. The van der Waals surface area contributed by atoms with E-state index in [1.807, 2.05) is 30.3 Å². The zero-order valence-electron chi connectivity index (χ0n) is 14.0. The molecule has 1 aromatic carbocycles. The van der Waals surface area contributed by atoms with Crippen molar-refractivity contribution in [2.75, 3.05) is 13.2 Å². The van der Waals surface area contributed by atoms with Crippen LogP contribution in [-0.2, 0) is 0 Å². The highest BCUT2D eigenvalue weighted by Gasteiger charge is 2.34. The summed E-state index contributed by atoms with van der Waals surface area (Å²) in [6, 6.07) is 11.7. The van der Waals surface area contributed by atoms with Crippen molar-refractivity contribution in [1.82, 2.24) is 15.0 Å². The van der Waals surface area contributed by atoms with Gasteiger partial charge < -0.3 is 14.5 Å². The third kappa shape index (κ3) is 2.89. The topological polar surface area (TPSA) is 79.5 Å². The highest BCUT2D eigenvalue weighted by atomic mass is 16.5. The summed E-state index contributed by atoms with van der Waals surface area (Å²) in [5, 5.41) is 14.0. The van der Waals surface area contributed by atoms with Crippen LogP contribution >= 0.6 is 0 Å². The monoisotopic (exact) mass is 337 g/mol. The minimum Gasteiger partial charge on any atom is -0.395 e. The lowest BCUT2D eigenvalue weighted by Crippen LogP contribution is -2.35. The summed E-state index contributed by atoms with van der Waals surface area (Å²) in [5.41, 5.74) is 3.12. The smallest absolute Gasteiger partial charge is 0.259 e. The largest absolute Gasteiger partial charge is 0.395 e. The van der Waals surface area contributed by atoms with Crippen molar-refractivity contribution < 1.29 is 14.4 Å². The molecule has 0 aliphatic heterocycles. The van der Waals surface area contributed by atoms with Gasteiger partial charge in [-0.15, -0.1) is 0 Å². The van der Waals surface area contributed by atoms with Crippen LogP contribution in [0.1, 0.15) is 28.9 Å². The molecule has 0 radical (unpaired) electrons. The third-order valence-corrected chi connectivity index (χ3v) is 4.51. The van der Waals surface area contributed by atoms with Crippen molar-refractivity contribution in [2.45, 2.75) is 25.8 Å². The molecule has 1 fully saturated rings. The lowest BCUT2D eigenvalue weighted by molar-refractivity contribution is 0.0709. The number of pyridine rings is 1. The number of amides is 1. The number of carbonyl (C=O) groups excluding carboxylic acids is 1. The molecule has 1 aliphatic rings. The molecule has 0 atom stereocenters. The molecular formula is C19H19N3O3. The maximum absolute atomic E-state index is 13.2. The predicted octanol–water partition coefficient (Wildman–Crippen LogP) is 2.80. The SMILES string of the molecule is Cc1noc2nc(-c3ccccc3)cc(C(=O)N(CCO)C3CC3)c12. The van der Waals surface area contributed by atoms with Gasteiger partial charge in [0, 0.05) is 18.2 Å². The number of carbonyl (C=O) groups is 1. The first-order valence-corrected chi connectivity index (χ1v) is 8.43. The summed E-state index contributed by atoms with van der Waals surface area (Å²) in [5.74, 6) is -0.104. The molecule has 1 N–H and O–H groups in total. The fourth-order valence-electron chi connectivity index (χ4n) is 3.12. The van der Waals surface area contributed by atoms with E-state index in [0.29, 0.717) is 34.6 Å². The van der Waals surface area contributed by atoms with Gasteiger partial charge in [-0.05, 0) is 25.8 Å². The Bertz CT molecular complexity index is 916.